The fraction of sp³-hybridized carbons (Fsp3) is 0.200. The van der Waals surface area contributed by atoms with E-state index in [4.69, 9.17) is 0 Å². The maximum atomic E-state index is 12.5. The highest BCUT2D eigenvalue weighted by Gasteiger charge is 2.18. The van der Waals surface area contributed by atoms with Crippen LogP contribution in [0.3, 0.4) is 0 Å². The number of hydrogen-bond donors (Lipinski definition) is 2. The Morgan fingerprint density at radius 2 is 1.89 bits per heavy atom. The molecule has 0 radical (unpaired) electrons. The van der Waals surface area contributed by atoms with E-state index in [-0.39, 0.29) is 5.56 Å². The molecule has 138 valence electrons. The summed E-state index contributed by atoms with van der Waals surface area (Å²) in [4.78, 5) is 37.1. The van der Waals surface area contributed by atoms with Gasteiger partial charge in [0, 0.05) is 26.0 Å². The molecule has 3 rings (SSSR count). The van der Waals surface area contributed by atoms with Crippen molar-refractivity contribution in [1.29, 1.82) is 0 Å². The van der Waals surface area contributed by atoms with Crippen molar-refractivity contribution in [2.45, 2.75) is 12.5 Å². The molecule has 0 spiro atoms. The largest absolute Gasteiger partial charge is 0.388 e. The van der Waals surface area contributed by atoms with Gasteiger partial charge in [0.15, 0.2) is 5.82 Å². The third kappa shape index (κ3) is 4.45. The molecular formula is C20H20N4O3. The molecule has 2 N–H and O–H groups in total. The molecule has 0 aliphatic heterocycles. The number of aromatic amines is 1. The minimum Gasteiger partial charge on any atom is -0.388 e. The van der Waals surface area contributed by atoms with Crippen LogP contribution in [0.25, 0.3) is 11.5 Å². The quantitative estimate of drug-likeness (QED) is 0.697. The van der Waals surface area contributed by atoms with Gasteiger partial charge in [0.05, 0.1) is 6.10 Å². The van der Waals surface area contributed by atoms with E-state index in [1.807, 2.05) is 30.3 Å². The number of nitrogens with one attached hydrogen (secondary N) is 1. The van der Waals surface area contributed by atoms with Crippen LogP contribution in [0.2, 0.25) is 0 Å². The number of aliphatic hydroxyl groups is 1. The minimum atomic E-state index is -0.676. The van der Waals surface area contributed by atoms with Gasteiger partial charge in [0.2, 0.25) is 0 Å². The number of nitrogens with zero attached hydrogens (tertiary/aromatic N) is 3. The molecule has 2 heterocycles. The first-order valence-electron chi connectivity index (χ1n) is 8.55. The Balaban J connectivity index is 1.67. The van der Waals surface area contributed by atoms with E-state index in [0.29, 0.717) is 24.5 Å². The van der Waals surface area contributed by atoms with Crippen molar-refractivity contribution in [3.05, 3.63) is 82.4 Å². The Bertz CT molecular complexity index is 958. The molecule has 1 atom stereocenters. The third-order valence-corrected chi connectivity index (χ3v) is 4.21. The lowest BCUT2D eigenvalue weighted by Gasteiger charge is -2.19. The van der Waals surface area contributed by atoms with E-state index in [0.717, 1.165) is 5.56 Å². The van der Waals surface area contributed by atoms with Gasteiger partial charge in [-0.2, -0.15) is 0 Å². The molecule has 1 unspecified atom stereocenters. The number of H-pyrrole nitrogens is 1. The number of aromatic nitrogens is 3. The molecule has 0 aliphatic carbocycles. The topological polar surface area (TPSA) is 99.2 Å². The summed E-state index contributed by atoms with van der Waals surface area (Å²) in [6.45, 7) is 0.302. The lowest BCUT2D eigenvalue weighted by Crippen LogP contribution is -2.33. The monoisotopic (exact) mass is 364 g/mol. The van der Waals surface area contributed by atoms with Crippen molar-refractivity contribution in [2.24, 2.45) is 0 Å². The molecule has 27 heavy (non-hydrogen) atoms. The number of pyridine rings is 1. The zero-order chi connectivity index (χ0) is 19.2. The number of amides is 1. The molecule has 7 nitrogen and oxygen atoms in total. The number of rotatable bonds is 6. The standard InChI is InChI=1S/C20H20N4O3/c1-24(12-10-17(25)14-7-3-2-4-8-14)20(27)15-13-22-18(23-19(15)26)16-9-5-6-11-21-16/h2-9,11,13,17,25H,10,12H2,1H3,(H,22,23,26). The lowest BCUT2D eigenvalue weighted by molar-refractivity contribution is 0.0759. The zero-order valence-corrected chi connectivity index (χ0v) is 14.9. The molecule has 3 aromatic rings. The first-order chi connectivity index (χ1) is 13.1. The average molecular weight is 364 g/mol. The van der Waals surface area contributed by atoms with Gasteiger partial charge in [-0.15, -0.1) is 0 Å². The Labute approximate surface area is 156 Å². The summed E-state index contributed by atoms with van der Waals surface area (Å²) in [5.41, 5.74) is 0.739. The van der Waals surface area contributed by atoms with Gasteiger partial charge in [0.25, 0.3) is 11.5 Å². The second kappa shape index (κ2) is 8.37. The number of carbonyl (C=O) groups is 1. The third-order valence-electron chi connectivity index (χ3n) is 4.21. The summed E-state index contributed by atoms with van der Waals surface area (Å²) in [6.07, 6.45) is 2.54. The highest BCUT2D eigenvalue weighted by atomic mass is 16.3. The second-order valence-corrected chi connectivity index (χ2v) is 6.13. The Morgan fingerprint density at radius 3 is 2.56 bits per heavy atom. The predicted octanol–water partition coefficient (Wildman–Crippen LogP) is 2.03. The van der Waals surface area contributed by atoms with E-state index in [1.165, 1.54) is 11.1 Å². The van der Waals surface area contributed by atoms with Crippen molar-refractivity contribution < 1.29 is 9.90 Å². The average Bonchev–Trinajstić information content (AvgIpc) is 2.72. The molecule has 1 amide bonds. The second-order valence-electron chi connectivity index (χ2n) is 6.13. The molecule has 0 bridgehead atoms. The predicted molar refractivity (Wildman–Crippen MR) is 101 cm³/mol. The normalized spacial score (nSPS) is 11.8. The summed E-state index contributed by atoms with van der Waals surface area (Å²) in [6, 6.07) is 14.5. The molecule has 0 fully saturated rings. The minimum absolute atomic E-state index is 0.0496. The van der Waals surface area contributed by atoms with E-state index < -0.39 is 17.6 Å². The molecular weight excluding hydrogens is 344 g/mol. The van der Waals surface area contributed by atoms with Crippen LogP contribution in [0.15, 0.2) is 65.7 Å². The molecule has 0 aliphatic rings. The van der Waals surface area contributed by atoms with Crippen LogP contribution < -0.4 is 5.56 Å². The number of benzene rings is 1. The van der Waals surface area contributed by atoms with E-state index in [1.54, 1.807) is 31.4 Å². The van der Waals surface area contributed by atoms with Gasteiger partial charge in [-0.25, -0.2) is 4.98 Å². The van der Waals surface area contributed by atoms with E-state index in [2.05, 4.69) is 15.0 Å². The summed E-state index contributed by atoms with van der Waals surface area (Å²) in [7, 11) is 1.59. The van der Waals surface area contributed by atoms with Crippen LogP contribution in [-0.2, 0) is 0 Å². The summed E-state index contributed by atoms with van der Waals surface area (Å²) < 4.78 is 0. The van der Waals surface area contributed by atoms with Crippen LogP contribution in [0.1, 0.15) is 28.4 Å². The fourth-order valence-electron chi connectivity index (χ4n) is 2.65. The summed E-state index contributed by atoms with van der Waals surface area (Å²) in [5, 5.41) is 10.2. The number of carbonyl (C=O) groups excluding carboxylic acids is 1. The fourth-order valence-corrected chi connectivity index (χ4v) is 2.65. The van der Waals surface area contributed by atoms with Crippen molar-refractivity contribution >= 4 is 5.91 Å². The van der Waals surface area contributed by atoms with Crippen molar-refractivity contribution in [3.63, 3.8) is 0 Å². The maximum absolute atomic E-state index is 12.5. The SMILES string of the molecule is CN(CCC(O)c1ccccc1)C(=O)c1cnc(-c2ccccn2)[nH]c1=O. The van der Waals surface area contributed by atoms with Gasteiger partial charge in [-0.1, -0.05) is 36.4 Å². The molecule has 1 aromatic carbocycles. The molecule has 0 saturated heterocycles. The first kappa shape index (κ1) is 18.5. The van der Waals surface area contributed by atoms with E-state index >= 15 is 0 Å². The van der Waals surface area contributed by atoms with Gasteiger partial charge in [-0.3, -0.25) is 14.6 Å². The van der Waals surface area contributed by atoms with Gasteiger partial charge < -0.3 is 15.0 Å². The highest BCUT2D eigenvalue weighted by Crippen LogP contribution is 2.16. The van der Waals surface area contributed by atoms with Crippen LogP contribution >= 0.6 is 0 Å². The van der Waals surface area contributed by atoms with Gasteiger partial charge >= 0.3 is 0 Å². The van der Waals surface area contributed by atoms with Gasteiger partial charge in [0.1, 0.15) is 11.3 Å². The maximum Gasteiger partial charge on any atom is 0.264 e. The van der Waals surface area contributed by atoms with Crippen molar-refractivity contribution in [2.75, 3.05) is 13.6 Å². The van der Waals surface area contributed by atoms with Crippen molar-refractivity contribution in [1.82, 2.24) is 19.9 Å². The summed E-state index contributed by atoms with van der Waals surface area (Å²) in [5.74, 6) is -0.143. The smallest absolute Gasteiger partial charge is 0.264 e. The molecule has 7 heteroatoms. The van der Waals surface area contributed by atoms with Crippen LogP contribution in [-0.4, -0.2) is 44.5 Å². The lowest BCUT2D eigenvalue weighted by atomic mass is 10.1. The molecule has 2 aromatic heterocycles. The summed E-state index contributed by atoms with van der Waals surface area (Å²) >= 11 is 0. The first-order valence-corrected chi connectivity index (χ1v) is 8.55. The van der Waals surface area contributed by atoms with Crippen LogP contribution in [0.4, 0.5) is 0 Å². The van der Waals surface area contributed by atoms with Crippen LogP contribution in [0, 0.1) is 0 Å². The Kier molecular flexibility index (Phi) is 5.73. The molecule has 0 saturated carbocycles. The highest BCUT2D eigenvalue weighted by molar-refractivity contribution is 5.93. The Morgan fingerprint density at radius 1 is 1.15 bits per heavy atom. The number of aliphatic hydroxyl groups excluding tert-OH is 1. The Hall–Kier alpha value is -3.32. The van der Waals surface area contributed by atoms with Crippen molar-refractivity contribution in [3.8, 4) is 11.5 Å². The zero-order valence-electron chi connectivity index (χ0n) is 14.9. The van der Waals surface area contributed by atoms with Gasteiger partial charge in [-0.05, 0) is 24.1 Å². The number of hydrogen-bond acceptors (Lipinski definition) is 5. The van der Waals surface area contributed by atoms with E-state index in [9.17, 15) is 14.7 Å². The van der Waals surface area contributed by atoms with Crippen LogP contribution in [0.5, 0.6) is 0 Å².